The quantitative estimate of drug-likeness (QED) is 0.834. The van der Waals surface area contributed by atoms with Gasteiger partial charge in [-0.25, -0.2) is 4.39 Å². The SMILES string of the molecule is O=CC1CCC(c2ccc(CCO)cc2F)CC1. The number of carbonyl (C=O) groups excluding carboxylic acids is 1. The molecule has 98 valence electrons. The Bertz CT molecular complexity index is 409. The molecule has 2 nitrogen and oxygen atoms in total. The number of rotatable bonds is 4. The summed E-state index contributed by atoms with van der Waals surface area (Å²) in [6, 6.07) is 5.25. The summed E-state index contributed by atoms with van der Waals surface area (Å²) in [4.78, 5) is 10.7. The van der Waals surface area contributed by atoms with E-state index in [-0.39, 0.29) is 24.3 Å². The first-order valence-corrected chi connectivity index (χ1v) is 6.59. The van der Waals surface area contributed by atoms with Crippen LogP contribution < -0.4 is 0 Å². The number of carbonyl (C=O) groups is 1. The maximum Gasteiger partial charge on any atom is 0.126 e. The third-order valence-electron chi connectivity index (χ3n) is 3.87. The number of hydrogen-bond donors (Lipinski definition) is 1. The summed E-state index contributed by atoms with van der Waals surface area (Å²) in [6.45, 7) is 0.0449. The smallest absolute Gasteiger partial charge is 0.126 e. The highest BCUT2D eigenvalue weighted by Crippen LogP contribution is 2.36. The van der Waals surface area contributed by atoms with Gasteiger partial charge >= 0.3 is 0 Å². The average Bonchev–Trinajstić information content (AvgIpc) is 2.40. The molecule has 1 aromatic carbocycles. The Labute approximate surface area is 107 Å². The summed E-state index contributed by atoms with van der Waals surface area (Å²) in [5.74, 6) is 0.234. The van der Waals surface area contributed by atoms with Crippen LogP contribution in [0.2, 0.25) is 0 Å². The van der Waals surface area contributed by atoms with Gasteiger partial charge in [-0.15, -0.1) is 0 Å². The molecule has 0 aromatic heterocycles. The first kappa shape index (κ1) is 13.2. The van der Waals surface area contributed by atoms with Crippen LogP contribution in [-0.4, -0.2) is 18.0 Å². The minimum absolute atomic E-state index is 0.0449. The van der Waals surface area contributed by atoms with Gasteiger partial charge in [0, 0.05) is 12.5 Å². The molecular formula is C15H19FO2. The van der Waals surface area contributed by atoms with Crippen molar-refractivity contribution < 1.29 is 14.3 Å². The lowest BCUT2D eigenvalue weighted by molar-refractivity contribution is -0.111. The zero-order valence-electron chi connectivity index (χ0n) is 10.4. The van der Waals surface area contributed by atoms with Gasteiger partial charge in [-0.3, -0.25) is 0 Å². The molecule has 1 saturated carbocycles. The van der Waals surface area contributed by atoms with Crippen LogP contribution in [0.15, 0.2) is 18.2 Å². The van der Waals surface area contributed by atoms with E-state index in [1.807, 2.05) is 12.1 Å². The Morgan fingerprint density at radius 2 is 2.00 bits per heavy atom. The normalized spacial score (nSPS) is 23.9. The molecule has 1 aliphatic carbocycles. The van der Waals surface area contributed by atoms with Crippen LogP contribution in [0.25, 0.3) is 0 Å². The van der Waals surface area contributed by atoms with Crippen molar-refractivity contribution in [3.05, 3.63) is 35.1 Å². The monoisotopic (exact) mass is 250 g/mol. The summed E-state index contributed by atoms with van der Waals surface area (Å²) in [7, 11) is 0. The number of halogens is 1. The lowest BCUT2D eigenvalue weighted by atomic mass is 9.79. The zero-order valence-corrected chi connectivity index (χ0v) is 10.4. The molecule has 0 unspecified atom stereocenters. The summed E-state index contributed by atoms with van der Waals surface area (Å²) in [6.07, 6.45) is 5.03. The Balaban J connectivity index is 2.07. The zero-order chi connectivity index (χ0) is 13.0. The van der Waals surface area contributed by atoms with Crippen molar-refractivity contribution in [1.29, 1.82) is 0 Å². The van der Waals surface area contributed by atoms with Crippen molar-refractivity contribution in [2.24, 2.45) is 5.92 Å². The third kappa shape index (κ3) is 2.96. The predicted molar refractivity (Wildman–Crippen MR) is 68.0 cm³/mol. The first-order chi connectivity index (χ1) is 8.74. The molecule has 2 rings (SSSR count). The van der Waals surface area contributed by atoms with Gasteiger partial charge in [-0.05, 0) is 55.2 Å². The van der Waals surface area contributed by atoms with Gasteiger partial charge in [0.25, 0.3) is 0 Å². The Kier molecular flexibility index (Phi) is 4.48. The summed E-state index contributed by atoms with van der Waals surface area (Å²) in [5.41, 5.74) is 1.60. The molecule has 0 amide bonds. The van der Waals surface area contributed by atoms with Crippen LogP contribution in [0.5, 0.6) is 0 Å². The second-order valence-electron chi connectivity index (χ2n) is 5.08. The van der Waals surface area contributed by atoms with Gasteiger partial charge in [0.15, 0.2) is 0 Å². The largest absolute Gasteiger partial charge is 0.396 e. The van der Waals surface area contributed by atoms with Crippen LogP contribution in [0.4, 0.5) is 4.39 Å². The molecule has 0 radical (unpaired) electrons. The van der Waals surface area contributed by atoms with Crippen molar-refractivity contribution in [2.75, 3.05) is 6.61 Å². The van der Waals surface area contributed by atoms with E-state index in [2.05, 4.69) is 0 Å². The number of benzene rings is 1. The van der Waals surface area contributed by atoms with Crippen LogP contribution in [0, 0.1) is 11.7 Å². The minimum Gasteiger partial charge on any atom is -0.396 e. The molecule has 0 spiro atoms. The Morgan fingerprint density at radius 3 is 2.56 bits per heavy atom. The minimum atomic E-state index is -0.171. The molecule has 0 bridgehead atoms. The van der Waals surface area contributed by atoms with Crippen molar-refractivity contribution >= 4 is 6.29 Å². The standard InChI is InChI=1S/C15H19FO2/c16-15-9-11(7-8-17)3-6-14(15)13-4-1-12(10-18)2-5-13/h3,6,9-10,12-13,17H,1-2,4-5,7-8H2. The van der Waals surface area contributed by atoms with Gasteiger partial charge in [0.2, 0.25) is 0 Å². The average molecular weight is 250 g/mol. The molecule has 0 heterocycles. The molecule has 1 aliphatic rings. The summed E-state index contributed by atoms with van der Waals surface area (Å²) < 4.78 is 14.0. The molecule has 1 fully saturated rings. The van der Waals surface area contributed by atoms with Crippen molar-refractivity contribution in [1.82, 2.24) is 0 Å². The summed E-state index contributed by atoms with van der Waals surface area (Å²) in [5, 5.41) is 8.83. The highest BCUT2D eigenvalue weighted by atomic mass is 19.1. The number of aldehydes is 1. The second kappa shape index (κ2) is 6.10. The van der Waals surface area contributed by atoms with Crippen LogP contribution in [-0.2, 0) is 11.2 Å². The molecule has 0 aliphatic heterocycles. The van der Waals surface area contributed by atoms with E-state index >= 15 is 0 Å². The predicted octanol–water partition coefficient (Wildman–Crippen LogP) is 2.83. The van der Waals surface area contributed by atoms with E-state index < -0.39 is 0 Å². The van der Waals surface area contributed by atoms with E-state index in [9.17, 15) is 9.18 Å². The van der Waals surface area contributed by atoms with Crippen molar-refractivity contribution in [3.8, 4) is 0 Å². The lowest BCUT2D eigenvalue weighted by Crippen LogP contribution is -2.15. The molecule has 0 saturated heterocycles. The van der Waals surface area contributed by atoms with Gasteiger partial charge in [-0.1, -0.05) is 12.1 Å². The molecular weight excluding hydrogens is 231 g/mol. The lowest BCUT2D eigenvalue weighted by Gasteiger charge is -2.26. The third-order valence-corrected chi connectivity index (χ3v) is 3.87. The van der Waals surface area contributed by atoms with E-state index in [1.165, 1.54) is 6.07 Å². The highest BCUT2D eigenvalue weighted by Gasteiger charge is 2.23. The molecule has 3 heteroatoms. The summed E-state index contributed by atoms with van der Waals surface area (Å²) >= 11 is 0. The Morgan fingerprint density at radius 1 is 1.28 bits per heavy atom. The second-order valence-corrected chi connectivity index (χ2v) is 5.08. The van der Waals surface area contributed by atoms with E-state index in [4.69, 9.17) is 5.11 Å². The first-order valence-electron chi connectivity index (χ1n) is 6.59. The molecule has 1 N–H and O–H groups in total. The maximum atomic E-state index is 14.0. The van der Waals surface area contributed by atoms with Gasteiger partial charge in [0.1, 0.15) is 12.1 Å². The fourth-order valence-corrected chi connectivity index (χ4v) is 2.75. The van der Waals surface area contributed by atoms with Crippen LogP contribution in [0.1, 0.15) is 42.7 Å². The molecule has 0 atom stereocenters. The fraction of sp³-hybridized carbons (Fsp3) is 0.533. The van der Waals surface area contributed by atoms with Crippen LogP contribution in [0.3, 0.4) is 0 Å². The number of aliphatic hydroxyl groups is 1. The highest BCUT2D eigenvalue weighted by molar-refractivity contribution is 5.53. The number of aliphatic hydroxyl groups excluding tert-OH is 1. The maximum absolute atomic E-state index is 14.0. The molecule has 1 aromatic rings. The van der Waals surface area contributed by atoms with E-state index in [1.54, 1.807) is 0 Å². The van der Waals surface area contributed by atoms with Gasteiger partial charge in [0.05, 0.1) is 0 Å². The van der Waals surface area contributed by atoms with Crippen LogP contribution >= 0.6 is 0 Å². The Hall–Kier alpha value is -1.22. The molecule has 18 heavy (non-hydrogen) atoms. The fourth-order valence-electron chi connectivity index (χ4n) is 2.75. The number of hydrogen-bond acceptors (Lipinski definition) is 2. The van der Waals surface area contributed by atoms with Crippen molar-refractivity contribution in [2.45, 2.75) is 38.0 Å². The van der Waals surface area contributed by atoms with Gasteiger partial charge < -0.3 is 9.90 Å². The van der Waals surface area contributed by atoms with Crippen molar-refractivity contribution in [3.63, 3.8) is 0 Å². The van der Waals surface area contributed by atoms with Gasteiger partial charge in [-0.2, -0.15) is 0 Å². The van der Waals surface area contributed by atoms with E-state index in [0.29, 0.717) is 6.42 Å². The topological polar surface area (TPSA) is 37.3 Å². The van der Waals surface area contributed by atoms with E-state index in [0.717, 1.165) is 43.1 Å².